The Morgan fingerprint density at radius 2 is 1.93 bits per heavy atom. The minimum absolute atomic E-state index is 0.0808. The number of carbonyl (C=O) groups excluding carboxylic acids is 2. The lowest BCUT2D eigenvalue weighted by atomic mass is 10.1. The Kier molecular flexibility index (Phi) is 5.86. The minimum atomic E-state index is -0.871. The van der Waals surface area contributed by atoms with Gasteiger partial charge in [0.15, 0.2) is 0 Å². The van der Waals surface area contributed by atoms with Gasteiger partial charge in [0, 0.05) is 6.42 Å². The van der Waals surface area contributed by atoms with Crippen molar-refractivity contribution >= 4 is 11.8 Å². The Labute approximate surface area is 89.9 Å². The predicted molar refractivity (Wildman–Crippen MR) is 56.3 cm³/mol. The molecule has 0 rings (SSSR count). The molecule has 0 aromatic heterocycles. The van der Waals surface area contributed by atoms with Crippen LogP contribution in [0.25, 0.3) is 0 Å². The summed E-state index contributed by atoms with van der Waals surface area (Å²) in [5, 5.41) is 9.32. The van der Waals surface area contributed by atoms with Gasteiger partial charge in [-0.3, -0.25) is 9.59 Å². The molecule has 0 aromatic carbocycles. The van der Waals surface area contributed by atoms with Crippen LogP contribution in [0, 0.1) is 0 Å². The average molecular weight is 214 g/mol. The maximum Gasteiger partial charge on any atom is 0.313 e. The number of hydrogen-bond donors (Lipinski definition) is 1. The van der Waals surface area contributed by atoms with Crippen molar-refractivity contribution in [2.24, 2.45) is 0 Å². The molecule has 0 fully saturated rings. The van der Waals surface area contributed by atoms with Crippen LogP contribution < -0.4 is 0 Å². The monoisotopic (exact) mass is 214 g/mol. The molecule has 0 spiro atoms. The van der Waals surface area contributed by atoms with Crippen molar-refractivity contribution in [2.45, 2.75) is 45.8 Å². The number of Topliss-reactive ketones (excluding diaryl/α,β-unsaturated/α-hetero) is 1. The Morgan fingerprint density at radius 3 is 2.33 bits per heavy atom. The molecule has 0 amide bonds. The Hall–Kier alpha value is -1.16. The highest BCUT2D eigenvalue weighted by molar-refractivity contribution is 5.95. The van der Waals surface area contributed by atoms with Crippen LogP contribution in [0.2, 0.25) is 0 Å². The fraction of sp³-hybridized carbons (Fsp3) is 0.636. The van der Waals surface area contributed by atoms with Gasteiger partial charge in [0.1, 0.15) is 12.2 Å². The molecule has 0 saturated heterocycles. The SMILES string of the molecule is C=C(C)[C@H](O)CC(=O)CC(=O)OC(C)C. The van der Waals surface area contributed by atoms with Gasteiger partial charge in [-0.1, -0.05) is 12.2 Å². The smallest absolute Gasteiger partial charge is 0.313 e. The number of ether oxygens (including phenoxy) is 1. The largest absolute Gasteiger partial charge is 0.463 e. The number of esters is 1. The van der Waals surface area contributed by atoms with E-state index in [1.54, 1.807) is 20.8 Å². The van der Waals surface area contributed by atoms with E-state index in [4.69, 9.17) is 4.74 Å². The molecule has 1 N–H and O–H groups in total. The number of aliphatic hydroxyl groups is 1. The van der Waals surface area contributed by atoms with Gasteiger partial charge in [-0.25, -0.2) is 0 Å². The third-order valence-electron chi connectivity index (χ3n) is 1.70. The molecule has 0 radical (unpaired) electrons. The highest BCUT2D eigenvalue weighted by atomic mass is 16.5. The quantitative estimate of drug-likeness (QED) is 0.410. The van der Waals surface area contributed by atoms with Crippen LogP contribution in [0.15, 0.2) is 12.2 Å². The lowest BCUT2D eigenvalue weighted by Crippen LogP contribution is -2.19. The number of rotatable bonds is 6. The summed E-state index contributed by atoms with van der Waals surface area (Å²) in [6, 6.07) is 0. The predicted octanol–water partition coefficient (Wildman–Crippen LogP) is 1.22. The van der Waals surface area contributed by atoms with Crippen molar-refractivity contribution in [2.75, 3.05) is 0 Å². The van der Waals surface area contributed by atoms with Crippen LogP contribution in [0.3, 0.4) is 0 Å². The first-order valence-electron chi connectivity index (χ1n) is 4.87. The van der Waals surface area contributed by atoms with Crippen LogP contribution in [0.1, 0.15) is 33.6 Å². The number of aliphatic hydroxyl groups excluding tert-OH is 1. The fourth-order valence-corrected chi connectivity index (χ4v) is 0.928. The zero-order valence-corrected chi connectivity index (χ0v) is 9.45. The molecule has 4 nitrogen and oxygen atoms in total. The van der Waals surface area contributed by atoms with Crippen LogP contribution in [-0.4, -0.2) is 29.1 Å². The van der Waals surface area contributed by atoms with Gasteiger partial charge in [0.05, 0.1) is 12.2 Å². The molecule has 0 aliphatic rings. The van der Waals surface area contributed by atoms with Crippen LogP contribution >= 0.6 is 0 Å². The molecule has 0 aliphatic carbocycles. The third-order valence-corrected chi connectivity index (χ3v) is 1.70. The molecule has 15 heavy (non-hydrogen) atoms. The number of hydrogen-bond acceptors (Lipinski definition) is 4. The number of carbonyl (C=O) groups is 2. The van der Waals surface area contributed by atoms with Crippen LogP contribution in [-0.2, 0) is 14.3 Å². The summed E-state index contributed by atoms with van der Waals surface area (Å²) in [6.07, 6.45) is -1.47. The van der Waals surface area contributed by atoms with Gasteiger partial charge in [-0.15, -0.1) is 0 Å². The summed E-state index contributed by atoms with van der Waals surface area (Å²) in [5.74, 6) is -0.889. The zero-order chi connectivity index (χ0) is 12.0. The standard InChI is InChI=1S/C11H18O4/c1-7(2)10(13)5-9(12)6-11(14)15-8(3)4/h8,10,13H,1,5-6H2,2-4H3/t10-/m1/s1. The summed E-state index contributed by atoms with van der Waals surface area (Å²) in [7, 11) is 0. The summed E-state index contributed by atoms with van der Waals surface area (Å²) in [5.41, 5.74) is 0.514. The van der Waals surface area contributed by atoms with Crippen molar-refractivity contribution in [3.63, 3.8) is 0 Å². The Balaban J connectivity index is 3.94. The molecule has 0 aromatic rings. The normalized spacial score (nSPS) is 12.3. The third kappa shape index (κ3) is 6.85. The van der Waals surface area contributed by atoms with Crippen LogP contribution in [0.4, 0.5) is 0 Å². The molecule has 0 heterocycles. The molecule has 0 saturated carbocycles. The van der Waals surface area contributed by atoms with Crippen molar-refractivity contribution in [1.82, 2.24) is 0 Å². The summed E-state index contributed by atoms with van der Waals surface area (Å²) < 4.78 is 4.80. The molecule has 0 unspecified atom stereocenters. The summed E-state index contributed by atoms with van der Waals surface area (Å²) >= 11 is 0. The maximum atomic E-state index is 11.2. The maximum absolute atomic E-state index is 11.2. The second-order valence-electron chi connectivity index (χ2n) is 3.82. The van der Waals surface area contributed by atoms with E-state index in [0.29, 0.717) is 5.57 Å². The van der Waals surface area contributed by atoms with E-state index >= 15 is 0 Å². The lowest BCUT2D eigenvalue weighted by Gasteiger charge is -2.10. The van der Waals surface area contributed by atoms with Gasteiger partial charge in [0.25, 0.3) is 0 Å². The number of ketones is 1. The van der Waals surface area contributed by atoms with E-state index in [0.717, 1.165) is 0 Å². The first-order valence-corrected chi connectivity index (χ1v) is 4.87. The van der Waals surface area contributed by atoms with E-state index in [-0.39, 0.29) is 24.7 Å². The zero-order valence-electron chi connectivity index (χ0n) is 9.45. The Morgan fingerprint density at radius 1 is 1.40 bits per heavy atom. The fourth-order valence-electron chi connectivity index (χ4n) is 0.928. The first-order chi connectivity index (χ1) is 6.82. The molecular weight excluding hydrogens is 196 g/mol. The topological polar surface area (TPSA) is 63.6 Å². The molecule has 4 heteroatoms. The van der Waals surface area contributed by atoms with Gasteiger partial charge < -0.3 is 9.84 Å². The van der Waals surface area contributed by atoms with Crippen molar-refractivity contribution in [3.8, 4) is 0 Å². The highest BCUT2D eigenvalue weighted by Crippen LogP contribution is 2.06. The highest BCUT2D eigenvalue weighted by Gasteiger charge is 2.16. The molecule has 1 atom stereocenters. The molecule has 0 bridgehead atoms. The van der Waals surface area contributed by atoms with E-state index in [1.807, 2.05) is 0 Å². The summed E-state index contributed by atoms with van der Waals surface area (Å²) in [4.78, 5) is 22.3. The van der Waals surface area contributed by atoms with E-state index in [9.17, 15) is 14.7 Å². The van der Waals surface area contributed by atoms with Gasteiger partial charge in [-0.05, 0) is 20.8 Å². The second-order valence-corrected chi connectivity index (χ2v) is 3.82. The van der Waals surface area contributed by atoms with Crippen molar-refractivity contribution in [1.29, 1.82) is 0 Å². The van der Waals surface area contributed by atoms with E-state index < -0.39 is 12.1 Å². The first kappa shape index (κ1) is 13.8. The van der Waals surface area contributed by atoms with Gasteiger partial charge >= 0.3 is 5.97 Å². The second kappa shape index (κ2) is 6.35. The summed E-state index contributed by atoms with van der Waals surface area (Å²) in [6.45, 7) is 8.57. The van der Waals surface area contributed by atoms with Crippen LogP contribution in [0.5, 0.6) is 0 Å². The molecular formula is C11H18O4. The van der Waals surface area contributed by atoms with Gasteiger partial charge in [0.2, 0.25) is 0 Å². The Bertz CT molecular complexity index is 255. The van der Waals surface area contributed by atoms with Crippen molar-refractivity contribution < 1.29 is 19.4 Å². The van der Waals surface area contributed by atoms with E-state index in [2.05, 4.69) is 6.58 Å². The van der Waals surface area contributed by atoms with Gasteiger partial charge in [-0.2, -0.15) is 0 Å². The molecule has 0 aliphatic heterocycles. The van der Waals surface area contributed by atoms with Crippen molar-refractivity contribution in [3.05, 3.63) is 12.2 Å². The lowest BCUT2D eigenvalue weighted by molar-refractivity contribution is -0.149. The minimum Gasteiger partial charge on any atom is -0.463 e. The molecule has 86 valence electrons. The average Bonchev–Trinajstić information content (AvgIpc) is 2.00. The van der Waals surface area contributed by atoms with E-state index in [1.165, 1.54) is 0 Å².